The molecule has 1 saturated carbocycles. The van der Waals surface area contributed by atoms with Gasteiger partial charge in [-0.2, -0.15) is 0 Å². The van der Waals surface area contributed by atoms with Crippen molar-refractivity contribution in [2.75, 3.05) is 0 Å². The summed E-state index contributed by atoms with van der Waals surface area (Å²) in [6.45, 7) is 4.49. The largest absolute Gasteiger partial charge is 0.388 e. The van der Waals surface area contributed by atoms with E-state index in [-0.39, 0.29) is 11.5 Å². The van der Waals surface area contributed by atoms with E-state index in [0.717, 1.165) is 12.3 Å². The Bertz CT molecular complexity index is 573. The van der Waals surface area contributed by atoms with E-state index in [4.69, 9.17) is 0 Å². The first-order valence-electron chi connectivity index (χ1n) is 8.05. The number of aliphatic hydroxyl groups is 1. The van der Waals surface area contributed by atoms with E-state index in [9.17, 15) is 5.11 Å². The van der Waals surface area contributed by atoms with Gasteiger partial charge in [0.15, 0.2) is 0 Å². The first-order chi connectivity index (χ1) is 9.59. The molecule has 4 rings (SSSR count). The third-order valence-electron chi connectivity index (χ3n) is 6.35. The van der Waals surface area contributed by atoms with Crippen LogP contribution in [0.4, 0.5) is 0 Å². The number of allylic oxidation sites excluding steroid dienone is 1. The number of hydrogen-bond donors (Lipinski definition) is 1. The first kappa shape index (κ1) is 12.6. The molecule has 5 unspecified atom stereocenters. The van der Waals surface area contributed by atoms with E-state index in [0.29, 0.717) is 11.8 Å². The molecule has 1 fully saturated rings. The molecule has 3 aliphatic carbocycles. The molecule has 1 nitrogen and oxygen atoms in total. The maximum absolute atomic E-state index is 10.3. The zero-order valence-corrected chi connectivity index (χ0v) is 12.5. The predicted octanol–water partition coefficient (Wildman–Crippen LogP) is 3.99. The van der Waals surface area contributed by atoms with Gasteiger partial charge >= 0.3 is 0 Å². The van der Waals surface area contributed by atoms with Gasteiger partial charge < -0.3 is 5.11 Å². The van der Waals surface area contributed by atoms with Crippen molar-refractivity contribution in [2.24, 2.45) is 17.3 Å². The van der Waals surface area contributed by atoms with Crippen molar-refractivity contribution in [3.63, 3.8) is 0 Å². The van der Waals surface area contributed by atoms with Crippen LogP contribution >= 0.6 is 0 Å². The normalized spacial score (nSPS) is 42.0. The third-order valence-corrected chi connectivity index (χ3v) is 6.35. The van der Waals surface area contributed by atoms with Crippen molar-refractivity contribution in [1.82, 2.24) is 0 Å². The van der Waals surface area contributed by atoms with Crippen LogP contribution < -0.4 is 0 Å². The van der Waals surface area contributed by atoms with Crippen LogP contribution in [-0.4, -0.2) is 11.2 Å². The summed E-state index contributed by atoms with van der Waals surface area (Å²) in [7, 11) is 0. The second-order valence-electron chi connectivity index (χ2n) is 7.41. The molecule has 0 bridgehead atoms. The number of rotatable bonds is 0. The molecule has 1 heteroatoms. The van der Waals surface area contributed by atoms with Crippen LogP contribution in [0.5, 0.6) is 0 Å². The molecule has 1 aromatic carbocycles. The molecule has 0 amide bonds. The zero-order chi connectivity index (χ0) is 13.9. The highest BCUT2D eigenvalue weighted by Gasteiger charge is 2.52. The van der Waals surface area contributed by atoms with Gasteiger partial charge in [0.25, 0.3) is 0 Å². The van der Waals surface area contributed by atoms with Crippen LogP contribution in [0, 0.1) is 24.2 Å². The summed E-state index contributed by atoms with van der Waals surface area (Å²) >= 11 is 0. The summed E-state index contributed by atoms with van der Waals surface area (Å²) in [4.78, 5) is 0. The number of hydrogen-bond acceptors (Lipinski definition) is 1. The molecule has 3 aliphatic rings. The molecule has 0 aromatic heterocycles. The van der Waals surface area contributed by atoms with Gasteiger partial charge in [0.2, 0.25) is 0 Å². The summed E-state index contributed by atoms with van der Waals surface area (Å²) in [6, 6.07) is 7.03. The standard InChI is InChI=1S/C19H24O/c1-12-3-5-14-13(11-12)4-6-16-15(14)9-10-19(2)17(16)7-8-18(19)20/h3,5,7-8,11,15-18,20H,4,6,9-10H2,1-2H3. The Morgan fingerprint density at radius 3 is 2.90 bits per heavy atom. The smallest absolute Gasteiger partial charge is 0.0780 e. The lowest BCUT2D eigenvalue weighted by molar-refractivity contribution is -0.0101. The topological polar surface area (TPSA) is 20.2 Å². The molecule has 0 saturated heterocycles. The Hall–Kier alpha value is -1.08. The van der Waals surface area contributed by atoms with Gasteiger partial charge in [0.05, 0.1) is 6.10 Å². The molecule has 0 spiro atoms. The van der Waals surface area contributed by atoms with Gasteiger partial charge in [-0.15, -0.1) is 0 Å². The number of aliphatic hydroxyl groups excluding tert-OH is 1. The SMILES string of the molecule is Cc1ccc2c(c1)CCC1C2CCC2(C)C(O)C=CC12. The molecule has 1 N–H and O–H groups in total. The van der Waals surface area contributed by atoms with Crippen molar-refractivity contribution in [3.05, 3.63) is 47.0 Å². The van der Waals surface area contributed by atoms with E-state index in [1.54, 1.807) is 11.1 Å². The quantitative estimate of drug-likeness (QED) is 0.705. The minimum absolute atomic E-state index is 0.101. The van der Waals surface area contributed by atoms with Gasteiger partial charge in [-0.05, 0) is 61.5 Å². The maximum Gasteiger partial charge on any atom is 0.0780 e. The summed E-state index contributed by atoms with van der Waals surface area (Å²) in [5, 5.41) is 10.3. The minimum Gasteiger partial charge on any atom is -0.388 e. The minimum atomic E-state index is -0.229. The number of benzene rings is 1. The Morgan fingerprint density at radius 1 is 1.20 bits per heavy atom. The van der Waals surface area contributed by atoms with Crippen LogP contribution in [0.2, 0.25) is 0 Å². The summed E-state index contributed by atoms with van der Waals surface area (Å²) in [5.74, 6) is 2.02. The fourth-order valence-corrected chi connectivity index (χ4v) is 5.14. The number of fused-ring (bicyclic) bond motifs is 5. The molecule has 106 valence electrons. The second-order valence-corrected chi connectivity index (χ2v) is 7.41. The van der Waals surface area contributed by atoms with Crippen molar-refractivity contribution in [3.8, 4) is 0 Å². The van der Waals surface area contributed by atoms with E-state index < -0.39 is 0 Å². The molecule has 0 heterocycles. The van der Waals surface area contributed by atoms with Crippen molar-refractivity contribution >= 4 is 0 Å². The van der Waals surface area contributed by atoms with Crippen LogP contribution in [-0.2, 0) is 6.42 Å². The fraction of sp³-hybridized carbons (Fsp3) is 0.579. The average molecular weight is 268 g/mol. The maximum atomic E-state index is 10.3. The Labute approximate surface area is 121 Å². The van der Waals surface area contributed by atoms with E-state index in [2.05, 4.69) is 44.2 Å². The van der Waals surface area contributed by atoms with Crippen LogP contribution in [0.1, 0.15) is 48.8 Å². The van der Waals surface area contributed by atoms with Crippen molar-refractivity contribution < 1.29 is 5.11 Å². The second kappa shape index (κ2) is 4.21. The molecule has 5 atom stereocenters. The lowest BCUT2D eigenvalue weighted by atomic mass is 9.55. The third kappa shape index (κ3) is 1.59. The van der Waals surface area contributed by atoms with Crippen LogP contribution in [0.3, 0.4) is 0 Å². The van der Waals surface area contributed by atoms with Gasteiger partial charge in [-0.3, -0.25) is 0 Å². The Kier molecular flexibility index (Phi) is 2.66. The highest BCUT2D eigenvalue weighted by Crippen LogP contribution is 2.58. The summed E-state index contributed by atoms with van der Waals surface area (Å²) in [5.41, 5.74) is 4.67. The lowest BCUT2D eigenvalue weighted by Crippen LogP contribution is -2.44. The van der Waals surface area contributed by atoms with E-state index in [1.165, 1.54) is 24.8 Å². The average Bonchev–Trinajstić information content (AvgIpc) is 2.74. The summed E-state index contributed by atoms with van der Waals surface area (Å²) < 4.78 is 0. The highest BCUT2D eigenvalue weighted by molar-refractivity contribution is 5.38. The molecular weight excluding hydrogens is 244 g/mol. The molecule has 1 aromatic rings. The van der Waals surface area contributed by atoms with Gasteiger partial charge in [-0.1, -0.05) is 42.8 Å². The van der Waals surface area contributed by atoms with Crippen LogP contribution in [0.15, 0.2) is 30.4 Å². The van der Waals surface area contributed by atoms with Gasteiger partial charge in [-0.25, -0.2) is 0 Å². The Morgan fingerprint density at radius 2 is 2.05 bits per heavy atom. The molecule has 0 radical (unpaired) electrons. The molecule has 0 aliphatic heterocycles. The van der Waals surface area contributed by atoms with Crippen LogP contribution in [0.25, 0.3) is 0 Å². The number of aryl methyl sites for hydroxylation is 2. The lowest BCUT2D eigenvalue weighted by Gasteiger charge is -2.50. The summed E-state index contributed by atoms with van der Waals surface area (Å²) in [6.07, 6.45) is 9.05. The molecular formula is C19H24O. The monoisotopic (exact) mass is 268 g/mol. The highest BCUT2D eigenvalue weighted by atomic mass is 16.3. The predicted molar refractivity (Wildman–Crippen MR) is 81.7 cm³/mol. The fourth-order valence-electron chi connectivity index (χ4n) is 5.14. The van der Waals surface area contributed by atoms with Gasteiger partial charge in [0.1, 0.15) is 0 Å². The Balaban J connectivity index is 1.73. The van der Waals surface area contributed by atoms with Gasteiger partial charge in [0, 0.05) is 5.41 Å². The molecule has 20 heavy (non-hydrogen) atoms. The van der Waals surface area contributed by atoms with Crippen molar-refractivity contribution in [2.45, 2.75) is 51.6 Å². The van der Waals surface area contributed by atoms with E-state index in [1.807, 2.05) is 0 Å². The first-order valence-corrected chi connectivity index (χ1v) is 8.05. The van der Waals surface area contributed by atoms with E-state index >= 15 is 0 Å². The zero-order valence-electron chi connectivity index (χ0n) is 12.5. The van der Waals surface area contributed by atoms with Crippen molar-refractivity contribution in [1.29, 1.82) is 0 Å².